The molecule has 1 saturated heterocycles. The standard InChI is InChI=1S/C15H21ClN2O5S/c1-22-7-6-18(12-5-8-24(20,21)10-12)15(19)17-13-9-11(16)3-4-14(13)23-2/h3-4,9,12H,5-8,10H2,1-2H3,(H,17,19). The van der Waals surface area contributed by atoms with Gasteiger partial charge in [0.05, 0.1) is 30.9 Å². The second kappa shape index (κ2) is 8.04. The molecule has 0 aromatic heterocycles. The van der Waals surface area contributed by atoms with E-state index in [1.807, 2.05) is 0 Å². The Bertz CT molecular complexity index is 695. The van der Waals surface area contributed by atoms with Crippen molar-refractivity contribution >= 4 is 33.2 Å². The van der Waals surface area contributed by atoms with Crippen molar-refractivity contribution in [2.24, 2.45) is 0 Å². The van der Waals surface area contributed by atoms with E-state index in [0.29, 0.717) is 36.0 Å². The van der Waals surface area contributed by atoms with E-state index in [1.54, 1.807) is 18.2 Å². The lowest BCUT2D eigenvalue weighted by Crippen LogP contribution is -2.45. The molecule has 0 radical (unpaired) electrons. The molecule has 1 aliphatic rings. The molecule has 0 saturated carbocycles. The Balaban J connectivity index is 2.17. The average Bonchev–Trinajstić information content (AvgIpc) is 2.88. The Kier molecular flexibility index (Phi) is 6.31. The number of rotatable bonds is 6. The van der Waals surface area contributed by atoms with E-state index >= 15 is 0 Å². The fraction of sp³-hybridized carbons (Fsp3) is 0.533. The molecule has 2 amide bonds. The van der Waals surface area contributed by atoms with Crippen LogP contribution in [0.4, 0.5) is 10.5 Å². The number of halogens is 1. The number of sulfone groups is 1. The highest BCUT2D eigenvalue weighted by atomic mass is 35.5. The lowest BCUT2D eigenvalue weighted by atomic mass is 10.2. The fourth-order valence-electron chi connectivity index (χ4n) is 2.63. The zero-order valence-corrected chi connectivity index (χ0v) is 15.2. The van der Waals surface area contributed by atoms with Crippen molar-refractivity contribution in [1.82, 2.24) is 4.90 Å². The molecule has 1 aliphatic heterocycles. The van der Waals surface area contributed by atoms with E-state index in [1.165, 1.54) is 19.1 Å². The monoisotopic (exact) mass is 376 g/mol. The van der Waals surface area contributed by atoms with Crippen LogP contribution in [-0.4, -0.2) is 64.3 Å². The lowest BCUT2D eigenvalue weighted by molar-refractivity contribution is 0.140. The number of ether oxygens (including phenoxy) is 2. The lowest BCUT2D eigenvalue weighted by Gasteiger charge is -2.28. The van der Waals surface area contributed by atoms with Crippen LogP contribution >= 0.6 is 11.6 Å². The first-order valence-electron chi connectivity index (χ1n) is 7.47. The van der Waals surface area contributed by atoms with Crippen molar-refractivity contribution < 1.29 is 22.7 Å². The normalized spacial score (nSPS) is 19.0. The first-order chi connectivity index (χ1) is 11.4. The maximum atomic E-state index is 12.7. The van der Waals surface area contributed by atoms with Crippen LogP contribution in [0.25, 0.3) is 0 Å². The van der Waals surface area contributed by atoms with Crippen LogP contribution in [0.1, 0.15) is 6.42 Å². The highest BCUT2D eigenvalue weighted by Crippen LogP contribution is 2.28. The van der Waals surface area contributed by atoms with Gasteiger partial charge in [-0.2, -0.15) is 0 Å². The number of nitrogens with zero attached hydrogens (tertiary/aromatic N) is 1. The van der Waals surface area contributed by atoms with Gasteiger partial charge < -0.3 is 19.7 Å². The van der Waals surface area contributed by atoms with Crippen molar-refractivity contribution in [3.05, 3.63) is 23.2 Å². The number of carbonyl (C=O) groups is 1. The third kappa shape index (κ3) is 4.75. The molecule has 1 atom stereocenters. The third-order valence-electron chi connectivity index (χ3n) is 3.85. The summed E-state index contributed by atoms with van der Waals surface area (Å²) in [4.78, 5) is 14.2. The van der Waals surface area contributed by atoms with Crippen molar-refractivity contribution in [3.8, 4) is 5.75 Å². The quantitative estimate of drug-likeness (QED) is 0.820. The summed E-state index contributed by atoms with van der Waals surface area (Å²) in [5.41, 5.74) is 0.429. The minimum absolute atomic E-state index is 0.0309. The van der Waals surface area contributed by atoms with Gasteiger partial charge in [0.2, 0.25) is 0 Å². The van der Waals surface area contributed by atoms with Crippen LogP contribution in [-0.2, 0) is 14.6 Å². The molecule has 24 heavy (non-hydrogen) atoms. The molecule has 0 bridgehead atoms. The molecule has 1 aromatic carbocycles. The van der Waals surface area contributed by atoms with Crippen LogP contribution in [0, 0.1) is 0 Å². The summed E-state index contributed by atoms with van der Waals surface area (Å²) >= 11 is 5.97. The SMILES string of the molecule is COCCN(C(=O)Nc1cc(Cl)ccc1OC)C1CCS(=O)(=O)C1. The number of methoxy groups -OCH3 is 2. The molecular formula is C15H21ClN2O5S. The van der Waals surface area contributed by atoms with Crippen LogP contribution in [0.3, 0.4) is 0 Å². The zero-order chi connectivity index (χ0) is 17.7. The minimum Gasteiger partial charge on any atom is -0.495 e. The van der Waals surface area contributed by atoms with Crippen LogP contribution in [0.5, 0.6) is 5.75 Å². The topological polar surface area (TPSA) is 84.9 Å². The zero-order valence-electron chi connectivity index (χ0n) is 13.6. The number of amides is 2. The largest absolute Gasteiger partial charge is 0.495 e. The molecule has 7 nitrogen and oxygen atoms in total. The Labute approximate surface area is 146 Å². The number of hydrogen-bond donors (Lipinski definition) is 1. The molecule has 9 heteroatoms. The number of urea groups is 1. The summed E-state index contributed by atoms with van der Waals surface area (Å²) < 4.78 is 33.7. The van der Waals surface area contributed by atoms with E-state index in [4.69, 9.17) is 21.1 Å². The Morgan fingerprint density at radius 3 is 2.75 bits per heavy atom. The van der Waals surface area contributed by atoms with Gasteiger partial charge in [-0.15, -0.1) is 0 Å². The summed E-state index contributed by atoms with van der Waals surface area (Å²) in [5, 5.41) is 3.20. The number of carbonyl (C=O) groups excluding carboxylic acids is 1. The van der Waals surface area contributed by atoms with Gasteiger partial charge in [-0.25, -0.2) is 13.2 Å². The molecule has 1 aromatic rings. The van der Waals surface area contributed by atoms with Gasteiger partial charge in [-0.05, 0) is 24.6 Å². The van der Waals surface area contributed by atoms with E-state index in [9.17, 15) is 13.2 Å². The van der Waals surface area contributed by atoms with Crippen molar-refractivity contribution in [3.63, 3.8) is 0 Å². The molecule has 1 unspecified atom stereocenters. The predicted octanol–water partition coefficient (Wildman–Crippen LogP) is 2.02. The molecule has 1 fully saturated rings. The fourth-order valence-corrected chi connectivity index (χ4v) is 4.53. The smallest absolute Gasteiger partial charge is 0.322 e. The second-order valence-electron chi connectivity index (χ2n) is 5.52. The van der Waals surface area contributed by atoms with Crippen LogP contribution < -0.4 is 10.1 Å². The molecule has 1 heterocycles. The van der Waals surface area contributed by atoms with Gasteiger partial charge in [-0.1, -0.05) is 11.6 Å². The summed E-state index contributed by atoms with van der Waals surface area (Å²) in [6.07, 6.45) is 0.423. The van der Waals surface area contributed by atoms with Crippen molar-refractivity contribution in [2.45, 2.75) is 12.5 Å². The molecular weight excluding hydrogens is 356 g/mol. The second-order valence-corrected chi connectivity index (χ2v) is 8.18. The number of nitrogens with one attached hydrogen (secondary N) is 1. The summed E-state index contributed by atoms with van der Waals surface area (Å²) in [6, 6.07) is 4.11. The molecule has 2 rings (SSSR count). The van der Waals surface area contributed by atoms with Gasteiger partial charge in [-0.3, -0.25) is 0 Å². The van der Waals surface area contributed by atoms with Gasteiger partial charge in [0.25, 0.3) is 0 Å². The van der Waals surface area contributed by atoms with Gasteiger partial charge in [0.1, 0.15) is 5.75 Å². The Morgan fingerprint density at radius 2 is 2.17 bits per heavy atom. The number of hydrogen-bond acceptors (Lipinski definition) is 5. The summed E-state index contributed by atoms with van der Waals surface area (Å²) in [6.45, 7) is 0.613. The maximum Gasteiger partial charge on any atom is 0.322 e. The Morgan fingerprint density at radius 1 is 1.42 bits per heavy atom. The molecule has 0 aliphatic carbocycles. The molecule has 1 N–H and O–H groups in total. The van der Waals surface area contributed by atoms with E-state index in [2.05, 4.69) is 5.32 Å². The first-order valence-corrected chi connectivity index (χ1v) is 9.66. The van der Waals surface area contributed by atoms with Crippen molar-refractivity contribution in [1.29, 1.82) is 0 Å². The van der Waals surface area contributed by atoms with Gasteiger partial charge in [0, 0.05) is 24.7 Å². The van der Waals surface area contributed by atoms with E-state index in [-0.39, 0.29) is 17.5 Å². The average molecular weight is 377 g/mol. The van der Waals surface area contributed by atoms with E-state index in [0.717, 1.165) is 0 Å². The predicted molar refractivity (Wildman–Crippen MR) is 92.7 cm³/mol. The summed E-state index contributed by atoms with van der Waals surface area (Å²) in [5.74, 6) is 0.532. The van der Waals surface area contributed by atoms with Gasteiger partial charge in [0.15, 0.2) is 9.84 Å². The Hall–Kier alpha value is -1.51. The molecule has 0 spiro atoms. The number of anilines is 1. The first kappa shape index (κ1) is 18.8. The highest BCUT2D eigenvalue weighted by Gasteiger charge is 2.34. The summed E-state index contributed by atoms with van der Waals surface area (Å²) in [7, 11) is -0.0793. The van der Waals surface area contributed by atoms with Gasteiger partial charge >= 0.3 is 6.03 Å². The van der Waals surface area contributed by atoms with Crippen molar-refractivity contribution in [2.75, 3.05) is 44.2 Å². The maximum absolute atomic E-state index is 12.7. The third-order valence-corrected chi connectivity index (χ3v) is 5.83. The van der Waals surface area contributed by atoms with E-state index < -0.39 is 15.9 Å². The van der Waals surface area contributed by atoms with Crippen LogP contribution in [0.15, 0.2) is 18.2 Å². The number of benzene rings is 1. The molecule has 134 valence electrons. The minimum atomic E-state index is -3.10. The van der Waals surface area contributed by atoms with Crippen LogP contribution in [0.2, 0.25) is 5.02 Å². The highest BCUT2D eigenvalue weighted by molar-refractivity contribution is 7.91.